The number of aromatic nitrogens is 1. The second kappa shape index (κ2) is 13.2. The largest absolute Gasteiger partial charge is 0.496 e. The van der Waals surface area contributed by atoms with Crippen molar-refractivity contribution < 1.29 is 22.4 Å². The number of sulfonamides is 1. The second-order valence-corrected chi connectivity index (χ2v) is 14.8. The fraction of sp³-hybridized carbons (Fsp3) is 0.361. The van der Waals surface area contributed by atoms with Crippen LogP contribution in [0.4, 0.5) is 5.69 Å². The minimum atomic E-state index is -4.46. The fourth-order valence-electron chi connectivity index (χ4n) is 7.56. The molecule has 2 saturated heterocycles. The molecule has 254 valence electrons. The van der Waals surface area contributed by atoms with E-state index < -0.39 is 27.5 Å². The van der Waals surface area contributed by atoms with E-state index in [1.807, 2.05) is 29.2 Å². The van der Waals surface area contributed by atoms with Crippen molar-refractivity contribution in [2.24, 2.45) is 0 Å². The van der Waals surface area contributed by atoms with Crippen LogP contribution in [-0.4, -0.2) is 80.4 Å². The number of ether oxygens (including phenoxy) is 1. The molecule has 1 amide bonds. The zero-order chi connectivity index (χ0) is 34.3. The van der Waals surface area contributed by atoms with Gasteiger partial charge in [-0.05, 0) is 73.5 Å². The SMILES string of the molecule is CCN1CCN(Cc2ccc(C3(N4CCCC4c4ncco4)C(=O)N(S(=O)(=O)c4ccc(C#N)cc4)c4ccc(Cl)cc43)c(OC)c2)CC1. The van der Waals surface area contributed by atoms with Crippen LogP contribution in [0.25, 0.3) is 0 Å². The fourth-order valence-corrected chi connectivity index (χ4v) is 9.19. The number of halogens is 1. The standard InChI is InChI=1S/C36H37ClN6O5S/c1-3-40-16-18-41(19-17-40)24-26-8-12-29(33(21-26)47-2)36(42-15-4-5-32(42)34-39-14-20-48-34)30-22-27(37)9-13-31(30)43(35(36)44)49(45,46)28-10-6-25(23-38)7-11-28/h6-14,20-22,32H,3-5,15-19,24H2,1-2H3. The highest BCUT2D eigenvalue weighted by atomic mass is 35.5. The number of carbonyl (C=O) groups is 1. The Kier molecular flexibility index (Phi) is 8.98. The van der Waals surface area contributed by atoms with Gasteiger partial charge in [0.15, 0.2) is 5.54 Å². The van der Waals surface area contributed by atoms with Crippen LogP contribution in [0.15, 0.2) is 82.4 Å². The van der Waals surface area contributed by atoms with Crippen molar-refractivity contribution in [3.8, 4) is 11.8 Å². The zero-order valence-electron chi connectivity index (χ0n) is 27.4. The first kappa shape index (κ1) is 33.3. The van der Waals surface area contributed by atoms with Gasteiger partial charge in [-0.15, -0.1) is 0 Å². The topological polar surface area (TPSA) is 123 Å². The molecule has 1 aromatic heterocycles. The number of nitriles is 1. The van der Waals surface area contributed by atoms with Crippen LogP contribution in [-0.2, 0) is 26.9 Å². The number of nitrogens with zero attached hydrogens (tertiary/aromatic N) is 6. The van der Waals surface area contributed by atoms with Crippen molar-refractivity contribution in [3.63, 3.8) is 0 Å². The summed E-state index contributed by atoms with van der Waals surface area (Å²) in [4.78, 5) is 26.6. The number of likely N-dealkylation sites (N-methyl/N-ethyl adjacent to an activating group) is 1. The number of hydrogen-bond donors (Lipinski definition) is 0. The summed E-state index contributed by atoms with van der Waals surface area (Å²) in [5, 5.41) is 9.68. The van der Waals surface area contributed by atoms with Crippen molar-refractivity contribution in [2.45, 2.75) is 42.8 Å². The van der Waals surface area contributed by atoms with Crippen LogP contribution in [0.2, 0.25) is 5.02 Å². The van der Waals surface area contributed by atoms with Gasteiger partial charge in [0, 0.05) is 55.4 Å². The molecule has 7 rings (SSSR count). The number of anilines is 1. The first-order valence-electron chi connectivity index (χ1n) is 16.4. The Morgan fingerprint density at radius 2 is 1.78 bits per heavy atom. The van der Waals surface area contributed by atoms with E-state index in [1.54, 1.807) is 31.5 Å². The lowest BCUT2D eigenvalue weighted by Crippen LogP contribution is -2.54. The van der Waals surface area contributed by atoms with Gasteiger partial charge in [-0.2, -0.15) is 5.26 Å². The van der Waals surface area contributed by atoms with Gasteiger partial charge in [-0.1, -0.05) is 30.7 Å². The smallest absolute Gasteiger partial charge is 0.271 e. The Labute approximate surface area is 291 Å². The Morgan fingerprint density at radius 3 is 2.45 bits per heavy atom. The van der Waals surface area contributed by atoms with Gasteiger partial charge < -0.3 is 14.1 Å². The van der Waals surface area contributed by atoms with Gasteiger partial charge in [0.2, 0.25) is 5.89 Å². The average Bonchev–Trinajstić information content (AvgIpc) is 3.88. The summed E-state index contributed by atoms with van der Waals surface area (Å²) in [5.41, 5.74) is 0.756. The molecule has 4 aromatic rings. The third-order valence-electron chi connectivity index (χ3n) is 9.98. The predicted octanol–water partition coefficient (Wildman–Crippen LogP) is 5.16. The van der Waals surface area contributed by atoms with Crippen molar-refractivity contribution in [1.29, 1.82) is 5.26 Å². The van der Waals surface area contributed by atoms with Gasteiger partial charge >= 0.3 is 0 Å². The number of benzene rings is 3. The number of carbonyl (C=O) groups excluding carboxylic acids is 1. The van der Waals surface area contributed by atoms with Crippen molar-refractivity contribution in [2.75, 3.05) is 50.7 Å². The maximum absolute atomic E-state index is 15.5. The molecule has 3 aliphatic heterocycles. The third kappa shape index (κ3) is 5.59. The Balaban J connectivity index is 1.41. The number of fused-ring (bicyclic) bond motifs is 1. The highest BCUT2D eigenvalue weighted by molar-refractivity contribution is 7.93. The highest BCUT2D eigenvalue weighted by Gasteiger charge is 2.62. The molecule has 0 bridgehead atoms. The van der Waals surface area contributed by atoms with E-state index in [0.29, 0.717) is 59.3 Å². The van der Waals surface area contributed by atoms with Gasteiger partial charge in [-0.25, -0.2) is 17.7 Å². The number of oxazole rings is 1. The lowest BCUT2D eigenvalue weighted by atomic mass is 9.80. The van der Waals surface area contributed by atoms with Crippen LogP contribution in [0.3, 0.4) is 0 Å². The summed E-state index contributed by atoms with van der Waals surface area (Å²) in [6.45, 7) is 8.25. The summed E-state index contributed by atoms with van der Waals surface area (Å²) in [6.07, 6.45) is 4.41. The van der Waals surface area contributed by atoms with Crippen LogP contribution in [0.5, 0.6) is 5.75 Å². The molecule has 0 spiro atoms. The zero-order valence-corrected chi connectivity index (χ0v) is 29.0. The van der Waals surface area contributed by atoms with Gasteiger partial charge in [-0.3, -0.25) is 14.6 Å². The molecule has 11 nitrogen and oxygen atoms in total. The minimum absolute atomic E-state index is 0.118. The molecule has 2 atom stereocenters. The molecule has 0 radical (unpaired) electrons. The lowest BCUT2D eigenvalue weighted by molar-refractivity contribution is -0.127. The van der Waals surface area contributed by atoms with E-state index in [-0.39, 0.29) is 10.6 Å². The Hall–Kier alpha value is -4.25. The van der Waals surface area contributed by atoms with Crippen molar-refractivity contribution >= 4 is 33.2 Å². The molecular weight excluding hydrogens is 664 g/mol. The number of piperazine rings is 1. The summed E-state index contributed by atoms with van der Waals surface area (Å²) in [6, 6.07) is 17.8. The molecular formula is C36H37ClN6O5S. The molecule has 0 N–H and O–H groups in total. The second-order valence-electron chi connectivity index (χ2n) is 12.5. The minimum Gasteiger partial charge on any atom is -0.496 e. The summed E-state index contributed by atoms with van der Waals surface area (Å²) in [5.74, 6) is 0.206. The first-order chi connectivity index (χ1) is 23.7. The van der Waals surface area contributed by atoms with Gasteiger partial charge in [0.25, 0.3) is 15.9 Å². The quantitative estimate of drug-likeness (QED) is 0.231. The Morgan fingerprint density at radius 1 is 1.02 bits per heavy atom. The van der Waals surface area contributed by atoms with E-state index in [9.17, 15) is 13.7 Å². The van der Waals surface area contributed by atoms with Crippen LogP contribution < -0.4 is 9.04 Å². The Bertz CT molecular complexity index is 2010. The van der Waals surface area contributed by atoms with Crippen LogP contribution >= 0.6 is 11.6 Å². The normalized spacial score (nSPS) is 22.0. The third-order valence-corrected chi connectivity index (χ3v) is 11.9. The lowest BCUT2D eigenvalue weighted by Gasteiger charge is -2.41. The molecule has 0 saturated carbocycles. The summed E-state index contributed by atoms with van der Waals surface area (Å²) >= 11 is 6.67. The molecule has 4 heterocycles. The summed E-state index contributed by atoms with van der Waals surface area (Å²) < 4.78 is 41.8. The predicted molar refractivity (Wildman–Crippen MR) is 184 cm³/mol. The van der Waals surface area contributed by atoms with Crippen LogP contribution in [0, 0.1) is 11.3 Å². The maximum atomic E-state index is 15.5. The number of rotatable bonds is 9. The average molecular weight is 701 g/mol. The first-order valence-corrected chi connectivity index (χ1v) is 18.2. The van der Waals surface area contributed by atoms with Crippen molar-refractivity contribution in [3.05, 3.63) is 106 Å². The van der Waals surface area contributed by atoms with E-state index in [0.717, 1.165) is 42.6 Å². The molecule has 3 aromatic carbocycles. The summed E-state index contributed by atoms with van der Waals surface area (Å²) in [7, 11) is -2.89. The highest BCUT2D eigenvalue weighted by Crippen LogP contribution is 2.56. The van der Waals surface area contributed by atoms with Crippen molar-refractivity contribution in [1.82, 2.24) is 19.7 Å². The molecule has 2 fully saturated rings. The maximum Gasteiger partial charge on any atom is 0.271 e. The molecule has 2 unspecified atom stereocenters. The molecule has 3 aliphatic rings. The number of methoxy groups -OCH3 is 1. The molecule has 49 heavy (non-hydrogen) atoms. The number of likely N-dealkylation sites (tertiary alicyclic amines) is 1. The van der Waals surface area contributed by atoms with E-state index in [4.69, 9.17) is 20.8 Å². The van der Waals surface area contributed by atoms with Gasteiger partial charge in [0.1, 0.15) is 12.0 Å². The van der Waals surface area contributed by atoms with Crippen LogP contribution in [0.1, 0.15) is 54.0 Å². The molecule has 0 aliphatic carbocycles. The number of amides is 1. The number of hydrogen-bond acceptors (Lipinski definition) is 10. The molecule has 13 heteroatoms. The van der Waals surface area contributed by atoms with Gasteiger partial charge in [0.05, 0.1) is 41.6 Å². The monoisotopic (exact) mass is 700 g/mol. The van der Waals surface area contributed by atoms with E-state index in [1.165, 1.54) is 30.5 Å². The van der Waals surface area contributed by atoms with E-state index >= 15 is 4.79 Å². The van der Waals surface area contributed by atoms with E-state index in [2.05, 4.69) is 21.7 Å².